The molecule has 8 rings (SSSR count). The molecule has 3 unspecified atom stereocenters. The molecule has 296 valence electrons. The van der Waals surface area contributed by atoms with Gasteiger partial charge in [0.2, 0.25) is 0 Å². The Morgan fingerprint density at radius 3 is 2.09 bits per heavy atom. The summed E-state index contributed by atoms with van der Waals surface area (Å²) in [4.78, 5) is 39.3. The van der Waals surface area contributed by atoms with Gasteiger partial charge in [0.1, 0.15) is 29.2 Å². The molecule has 13 nitrogen and oxygen atoms in total. The highest BCUT2D eigenvalue weighted by molar-refractivity contribution is 6.35. The molecule has 0 bridgehead atoms. The van der Waals surface area contributed by atoms with Crippen LogP contribution in [0, 0.1) is 0 Å². The Hall–Kier alpha value is -5.82. The number of amidine groups is 1. The van der Waals surface area contributed by atoms with E-state index in [1.54, 1.807) is 29.5 Å². The van der Waals surface area contributed by atoms with Gasteiger partial charge in [0, 0.05) is 55.2 Å². The number of pyridine rings is 4. The van der Waals surface area contributed by atoms with Gasteiger partial charge in [-0.2, -0.15) is 5.10 Å². The summed E-state index contributed by atoms with van der Waals surface area (Å²) in [7, 11) is 1.88. The summed E-state index contributed by atoms with van der Waals surface area (Å²) in [5.74, 6) is 2.24. The molecule has 4 N–H and O–H groups in total. The summed E-state index contributed by atoms with van der Waals surface area (Å²) in [6, 6.07) is 12.4. The molecule has 0 saturated carbocycles. The first-order valence-corrected chi connectivity index (χ1v) is 20.0. The van der Waals surface area contributed by atoms with Crippen LogP contribution in [0.25, 0.3) is 22.5 Å². The van der Waals surface area contributed by atoms with Crippen molar-refractivity contribution in [1.82, 2.24) is 29.7 Å². The van der Waals surface area contributed by atoms with Crippen molar-refractivity contribution in [1.29, 1.82) is 0 Å². The summed E-state index contributed by atoms with van der Waals surface area (Å²) in [6.07, 6.45) is 21.9. The molecule has 57 heavy (non-hydrogen) atoms. The Bertz CT molecular complexity index is 2260. The van der Waals surface area contributed by atoms with Crippen molar-refractivity contribution in [3.63, 3.8) is 0 Å². The molecule has 2 aliphatic carbocycles. The first-order chi connectivity index (χ1) is 27.5. The van der Waals surface area contributed by atoms with Crippen LogP contribution in [0.2, 0.25) is 0 Å². The second kappa shape index (κ2) is 17.5. The van der Waals surface area contributed by atoms with Crippen molar-refractivity contribution in [3.05, 3.63) is 95.8 Å². The number of carbonyl (C=O) groups excluding carboxylic acids is 1. The number of aliphatic imine (C=N–C) groups is 2. The molecule has 0 spiro atoms. The number of nitrogens with two attached hydrogens (primary N) is 1. The Morgan fingerprint density at radius 2 is 1.47 bits per heavy atom. The van der Waals surface area contributed by atoms with E-state index in [-0.39, 0.29) is 24.1 Å². The molecule has 5 aromatic heterocycles. The van der Waals surface area contributed by atoms with E-state index in [4.69, 9.17) is 15.5 Å². The van der Waals surface area contributed by atoms with E-state index in [0.717, 1.165) is 84.2 Å². The Balaban J connectivity index is 0.000000179. The first-order valence-electron chi connectivity index (χ1n) is 20.0. The number of nitrogens with zero attached hydrogens (tertiary/aromatic N) is 8. The predicted molar refractivity (Wildman–Crippen MR) is 226 cm³/mol. The van der Waals surface area contributed by atoms with Crippen molar-refractivity contribution >= 4 is 35.3 Å². The van der Waals surface area contributed by atoms with Crippen molar-refractivity contribution in [3.8, 4) is 22.5 Å². The number of hydrogen-bond acceptors (Lipinski definition) is 12. The van der Waals surface area contributed by atoms with Crippen LogP contribution in [0.15, 0.2) is 83.6 Å². The molecule has 0 saturated heterocycles. The third kappa shape index (κ3) is 10.5. The second-order valence-electron chi connectivity index (χ2n) is 16.1. The fourth-order valence-electron chi connectivity index (χ4n) is 7.55. The van der Waals surface area contributed by atoms with Gasteiger partial charge in [0.05, 0.1) is 35.9 Å². The normalized spacial score (nSPS) is 18.8. The van der Waals surface area contributed by atoms with Crippen LogP contribution in [-0.2, 0) is 29.4 Å². The molecule has 0 fully saturated rings. The second-order valence-corrected chi connectivity index (χ2v) is 16.1. The molecule has 3 aliphatic rings. The Labute approximate surface area is 334 Å². The molecule has 0 radical (unpaired) electrons. The molecule has 6 heterocycles. The van der Waals surface area contributed by atoms with Gasteiger partial charge in [-0.15, -0.1) is 0 Å². The van der Waals surface area contributed by atoms with Crippen LogP contribution in [0.4, 0.5) is 17.3 Å². The van der Waals surface area contributed by atoms with Crippen LogP contribution >= 0.6 is 0 Å². The molecule has 13 heteroatoms. The zero-order chi connectivity index (χ0) is 39.9. The van der Waals surface area contributed by atoms with Crippen molar-refractivity contribution < 1.29 is 9.53 Å². The van der Waals surface area contributed by atoms with Crippen LogP contribution in [0.3, 0.4) is 0 Å². The number of rotatable bonds is 7. The third-order valence-electron chi connectivity index (χ3n) is 10.3. The van der Waals surface area contributed by atoms with E-state index in [1.807, 2.05) is 77.6 Å². The monoisotopic (exact) mass is 767 g/mol. The largest absolute Gasteiger partial charge is 0.460 e. The van der Waals surface area contributed by atoms with Crippen LogP contribution in [-0.4, -0.2) is 59.5 Å². The summed E-state index contributed by atoms with van der Waals surface area (Å²) in [5, 5.41) is 10.7. The van der Waals surface area contributed by atoms with Gasteiger partial charge < -0.3 is 21.1 Å². The van der Waals surface area contributed by atoms with Gasteiger partial charge in [-0.3, -0.25) is 24.4 Å². The molecule has 5 aromatic rings. The number of ether oxygens (including phenoxy) is 1. The van der Waals surface area contributed by atoms with Crippen molar-refractivity contribution in [2.45, 2.75) is 109 Å². The average Bonchev–Trinajstić information content (AvgIpc) is 3.66. The number of carbonyl (C=O) groups is 1. The predicted octanol–water partition coefficient (Wildman–Crippen LogP) is 8.27. The lowest BCUT2D eigenvalue weighted by Crippen LogP contribution is -2.25. The summed E-state index contributed by atoms with van der Waals surface area (Å²) >= 11 is 0. The van der Waals surface area contributed by atoms with Crippen LogP contribution in [0.1, 0.15) is 107 Å². The van der Waals surface area contributed by atoms with E-state index in [9.17, 15) is 4.79 Å². The fraction of sp³-hybridized carbons (Fsp3) is 0.409. The molecule has 1 aliphatic heterocycles. The maximum atomic E-state index is 12.5. The number of nitrogens with one attached hydrogen (secondary N) is 2. The van der Waals surface area contributed by atoms with Gasteiger partial charge >= 0.3 is 5.97 Å². The molecule has 0 amide bonds. The Kier molecular flexibility index (Phi) is 12.1. The van der Waals surface area contributed by atoms with Gasteiger partial charge in [0.15, 0.2) is 0 Å². The standard InChI is InChI=1S/C25H31N5O2.C19H22N6/c1-25(2,3)32-24(31)13-18-8-6-5-7-17-11-22(27-15-21(17)18)19-9-10-26-23(12-19)29-20-14-28-30(4)16-20;1-12-22-11-19(24-12)25-18-9-14(6-7-21-18)17-8-13-4-2-3-5-16(20)15(13)10-23-17/h9-12,14-16,18H,5-8,13H2,1-4H3,(H,26,29);6-12,16H,2-5,20H2,1H3,(H,21,24,25). The minimum atomic E-state index is -0.463. The summed E-state index contributed by atoms with van der Waals surface area (Å²) < 4.78 is 7.32. The lowest BCUT2D eigenvalue weighted by atomic mass is 9.90. The zero-order valence-electron chi connectivity index (χ0n) is 33.6. The van der Waals surface area contributed by atoms with Gasteiger partial charge in [-0.05, 0) is 131 Å². The van der Waals surface area contributed by atoms with E-state index in [0.29, 0.717) is 6.42 Å². The number of anilines is 3. The molecular weight excluding hydrogens is 715 g/mol. The highest BCUT2D eigenvalue weighted by Crippen LogP contribution is 2.35. The highest BCUT2D eigenvalue weighted by atomic mass is 16.6. The topological polar surface area (TPSA) is 170 Å². The minimum Gasteiger partial charge on any atom is -0.460 e. The SMILES string of the molecule is CC1N=CC(Nc2cc(-c3cc4c(cn3)C(N)CCCC4)ccn2)=N1.Cn1cc(Nc2cc(-c3cc4c(cn3)C(CC(=O)OC(C)(C)C)CCCC4)ccn2)cn1. The Morgan fingerprint density at radius 1 is 0.842 bits per heavy atom. The van der Waals surface area contributed by atoms with Gasteiger partial charge in [-0.1, -0.05) is 12.8 Å². The maximum absolute atomic E-state index is 12.5. The number of aryl methyl sites for hydroxylation is 3. The smallest absolute Gasteiger partial charge is 0.306 e. The highest BCUT2D eigenvalue weighted by Gasteiger charge is 2.26. The van der Waals surface area contributed by atoms with Gasteiger partial charge in [-0.25, -0.2) is 15.0 Å². The molecule has 3 atom stereocenters. The zero-order valence-corrected chi connectivity index (χ0v) is 33.6. The number of hydrogen-bond donors (Lipinski definition) is 3. The van der Waals surface area contributed by atoms with Crippen LogP contribution in [0.5, 0.6) is 0 Å². The third-order valence-corrected chi connectivity index (χ3v) is 10.3. The number of aromatic nitrogens is 6. The van der Waals surface area contributed by atoms with E-state index in [2.05, 4.69) is 52.8 Å². The summed E-state index contributed by atoms with van der Waals surface area (Å²) in [6.45, 7) is 7.67. The average molecular weight is 768 g/mol. The van der Waals surface area contributed by atoms with E-state index in [1.165, 1.54) is 35.1 Å². The quantitative estimate of drug-likeness (QED) is 0.108. The summed E-state index contributed by atoms with van der Waals surface area (Å²) in [5.41, 5.74) is 15.6. The fourth-order valence-corrected chi connectivity index (χ4v) is 7.55. The minimum absolute atomic E-state index is 0.0267. The first kappa shape index (κ1) is 39.4. The number of esters is 1. The van der Waals surface area contributed by atoms with Crippen molar-refractivity contribution in [2.24, 2.45) is 22.8 Å². The van der Waals surface area contributed by atoms with E-state index < -0.39 is 5.60 Å². The van der Waals surface area contributed by atoms with Gasteiger partial charge in [0.25, 0.3) is 0 Å². The van der Waals surface area contributed by atoms with Crippen molar-refractivity contribution in [2.75, 3.05) is 10.6 Å². The molecular formula is C44H53N11O2. The lowest BCUT2D eigenvalue weighted by molar-refractivity contribution is -0.155. The van der Waals surface area contributed by atoms with E-state index >= 15 is 0 Å². The maximum Gasteiger partial charge on any atom is 0.306 e. The molecule has 0 aromatic carbocycles. The van der Waals surface area contributed by atoms with Crippen LogP contribution < -0.4 is 16.4 Å². The lowest BCUT2D eigenvalue weighted by Gasteiger charge is -2.22. The number of fused-ring (bicyclic) bond motifs is 2.